The van der Waals surface area contributed by atoms with E-state index >= 15 is 0 Å². The Morgan fingerprint density at radius 2 is 0.714 bits per heavy atom. The fourth-order valence-electron chi connectivity index (χ4n) is 9.91. The Morgan fingerprint density at radius 3 is 1.09 bits per heavy atom. The summed E-state index contributed by atoms with van der Waals surface area (Å²) in [4.78, 5) is 24.5. The lowest BCUT2D eigenvalue weighted by Crippen LogP contribution is -2.45. The number of carbonyl (C=O) groups excluding carboxylic acids is 2. The highest BCUT2D eigenvalue weighted by molar-refractivity contribution is 5.76. The minimum absolute atomic E-state index is 0.00906. The highest BCUT2D eigenvalue weighted by Crippen LogP contribution is 2.18. The number of aliphatic hydroxyl groups is 2. The zero-order valence-corrected chi connectivity index (χ0v) is 47.3. The van der Waals surface area contributed by atoms with Crippen LogP contribution in [0.1, 0.15) is 348 Å². The average Bonchev–Trinajstić information content (AvgIpc) is 3.36. The molecule has 0 aliphatic heterocycles. The highest BCUT2D eigenvalue weighted by atomic mass is 16.5. The number of allylic oxidation sites excluding steroid dienone is 4. The molecular formula is C64H123NO5. The van der Waals surface area contributed by atoms with Crippen LogP contribution in [-0.2, 0) is 14.3 Å². The Labute approximate surface area is 437 Å². The van der Waals surface area contributed by atoms with E-state index in [1.807, 2.05) is 0 Å². The molecule has 0 saturated carbocycles. The van der Waals surface area contributed by atoms with Crippen LogP contribution < -0.4 is 5.32 Å². The van der Waals surface area contributed by atoms with Crippen molar-refractivity contribution in [1.82, 2.24) is 5.32 Å². The second-order valence-corrected chi connectivity index (χ2v) is 21.7. The molecule has 0 aromatic carbocycles. The zero-order valence-electron chi connectivity index (χ0n) is 47.3. The first kappa shape index (κ1) is 68.3. The Balaban J connectivity index is 3.44. The number of hydrogen-bond donors (Lipinski definition) is 3. The summed E-state index contributed by atoms with van der Waals surface area (Å²) in [5, 5.41) is 23.3. The predicted molar refractivity (Wildman–Crippen MR) is 306 cm³/mol. The monoisotopic (exact) mass is 986 g/mol. The van der Waals surface area contributed by atoms with Gasteiger partial charge in [-0.1, -0.05) is 301 Å². The number of unbranched alkanes of at least 4 members (excludes halogenated alkanes) is 44. The summed E-state index contributed by atoms with van der Waals surface area (Å²) < 4.78 is 5.46. The quantitative estimate of drug-likeness (QED) is 0.0321. The number of rotatable bonds is 59. The van der Waals surface area contributed by atoms with Gasteiger partial charge in [0.05, 0.1) is 25.4 Å². The summed E-state index contributed by atoms with van der Waals surface area (Å²) in [7, 11) is 0. The van der Waals surface area contributed by atoms with Crippen LogP contribution >= 0.6 is 0 Å². The molecule has 0 aromatic rings. The summed E-state index contributed by atoms with van der Waals surface area (Å²) in [5.41, 5.74) is 0. The van der Waals surface area contributed by atoms with Crippen LogP contribution in [0.15, 0.2) is 24.3 Å². The van der Waals surface area contributed by atoms with Crippen LogP contribution in [0, 0.1) is 0 Å². The summed E-state index contributed by atoms with van der Waals surface area (Å²) in [6.45, 7) is 4.97. The van der Waals surface area contributed by atoms with Gasteiger partial charge in [-0.15, -0.1) is 0 Å². The van der Waals surface area contributed by atoms with Crippen LogP contribution in [0.2, 0.25) is 0 Å². The lowest BCUT2D eigenvalue weighted by molar-refractivity contribution is -0.143. The van der Waals surface area contributed by atoms with Gasteiger partial charge in [0.1, 0.15) is 0 Å². The van der Waals surface area contributed by atoms with Crippen LogP contribution in [0.3, 0.4) is 0 Å². The Kier molecular flexibility index (Phi) is 58.5. The van der Waals surface area contributed by atoms with Crippen molar-refractivity contribution >= 4 is 11.9 Å². The Hall–Kier alpha value is -1.66. The molecule has 0 aromatic heterocycles. The number of carbonyl (C=O) groups is 2. The molecule has 0 radical (unpaired) electrons. The van der Waals surface area contributed by atoms with Crippen molar-refractivity contribution in [2.45, 2.75) is 360 Å². The molecular weight excluding hydrogens is 863 g/mol. The van der Waals surface area contributed by atoms with E-state index in [0.717, 1.165) is 44.9 Å². The maximum absolute atomic E-state index is 12.5. The molecule has 3 N–H and O–H groups in total. The summed E-state index contributed by atoms with van der Waals surface area (Å²) in [6.07, 6.45) is 73.3. The van der Waals surface area contributed by atoms with E-state index in [9.17, 15) is 19.8 Å². The molecule has 70 heavy (non-hydrogen) atoms. The summed E-state index contributed by atoms with van der Waals surface area (Å²) >= 11 is 0. The molecule has 0 fully saturated rings. The summed E-state index contributed by atoms with van der Waals surface area (Å²) in [5.74, 6) is -0.0294. The van der Waals surface area contributed by atoms with Gasteiger partial charge in [-0.05, 0) is 57.8 Å². The molecule has 0 bridgehead atoms. The minimum Gasteiger partial charge on any atom is -0.466 e. The lowest BCUT2D eigenvalue weighted by Gasteiger charge is -2.22. The molecule has 6 nitrogen and oxygen atoms in total. The van der Waals surface area contributed by atoms with Crippen LogP contribution in [0.4, 0.5) is 0 Å². The third-order valence-electron chi connectivity index (χ3n) is 14.8. The molecule has 0 saturated heterocycles. The lowest BCUT2D eigenvalue weighted by atomic mass is 10.0. The van der Waals surface area contributed by atoms with Crippen molar-refractivity contribution in [3.8, 4) is 0 Å². The average molecular weight is 987 g/mol. The van der Waals surface area contributed by atoms with Crippen molar-refractivity contribution in [2.75, 3.05) is 13.2 Å². The Bertz CT molecular complexity index is 1090. The van der Waals surface area contributed by atoms with Crippen LogP contribution in [0.25, 0.3) is 0 Å². The van der Waals surface area contributed by atoms with E-state index in [1.165, 1.54) is 270 Å². The maximum atomic E-state index is 12.5. The van der Waals surface area contributed by atoms with Crippen LogP contribution in [-0.4, -0.2) is 47.4 Å². The van der Waals surface area contributed by atoms with E-state index in [4.69, 9.17) is 4.74 Å². The molecule has 0 rings (SSSR count). The zero-order chi connectivity index (χ0) is 50.7. The summed E-state index contributed by atoms with van der Waals surface area (Å²) in [6, 6.07) is -0.546. The first-order valence-electron chi connectivity index (χ1n) is 31.6. The van der Waals surface area contributed by atoms with Gasteiger partial charge in [-0.3, -0.25) is 9.59 Å². The molecule has 0 aliphatic rings. The van der Waals surface area contributed by atoms with E-state index < -0.39 is 12.1 Å². The van der Waals surface area contributed by atoms with Crippen molar-refractivity contribution in [1.29, 1.82) is 0 Å². The van der Waals surface area contributed by atoms with Crippen molar-refractivity contribution in [2.24, 2.45) is 0 Å². The van der Waals surface area contributed by atoms with Gasteiger partial charge >= 0.3 is 5.97 Å². The molecule has 2 unspecified atom stereocenters. The van der Waals surface area contributed by atoms with E-state index in [0.29, 0.717) is 25.9 Å². The van der Waals surface area contributed by atoms with Crippen LogP contribution in [0.5, 0.6) is 0 Å². The van der Waals surface area contributed by atoms with E-state index in [-0.39, 0.29) is 18.5 Å². The van der Waals surface area contributed by atoms with Gasteiger partial charge in [0, 0.05) is 12.8 Å². The standard InChI is InChI=1S/C64H123NO5/c1-3-5-7-9-11-13-15-16-17-27-30-33-37-40-44-48-52-56-62(67)61(60-66)65-63(68)57-53-49-45-41-38-34-31-28-25-23-21-19-18-20-22-24-26-29-32-35-39-43-47-51-55-59-70-64(69)58-54-50-46-42-36-14-12-10-8-6-4-2/h19-22,61-62,66-67H,3-18,23-60H2,1-2H3,(H,65,68)/b21-19-,22-20-. The fourth-order valence-corrected chi connectivity index (χ4v) is 9.91. The molecule has 2 atom stereocenters. The number of hydrogen-bond acceptors (Lipinski definition) is 5. The van der Waals surface area contributed by atoms with E-state index in [2.05, 4.69) is 43.5 Å². The predicted octanol–water partition coefficient (Wildman–Crippen LogP) is 19.8. The first-order valence-corrected chi connectivity index (χ1v) is 31.6. The number of ether oxygens (including phenoxy) is 1. The number of aliphatic hydroxyl groups excluding tert-OH is 2. The molecule has 0 heterocycles. The van der Waals surface area contributed by atoms with Gasteiger partial charge in [-0.25, -0.2) is 0 Å². The van der Waals surface area contributed by atoms with Crippen molar-refractivity contribution in [3.05, 3.63) is 24.3 Å². The van der Waals surface area contributed by atoms with Crippen molar-refractivity contribution < 1.29 is 24.5 Å². The number of nitrogens with one attached hydrogen (secondary N) is 1. The molecule has 0 aliphatic carbocycles. The smallest absolute Gasteiger partial charge is 0.305 e. The van der Waals surface area contributed by atoms with Gasteiger partial charge < -0.3 is 20.3 Å². The molecule has 414 valence electrons. The van der Waals surface area contributed by atoms with Gasteiger partial charge in [0.15, 0.2) is 0 Å². The SMILES string of the molecule is CCCCCCCCCCCCCCCCCCCC(O)C(CO)NC(=O)CCCCCCCCCCC/C=C\C/C=C\CCCCCCCCCCCOC(=O)CCCCCCCCCCCCC. The number of amides is 1. The first-order chi connectivity index (χ1) is 34.5. The second kappa shape index (κ2) is 59.9. The molecule has 6 heteroatoms. The highest BCUT2D eigenvalue weighted by Gasteiger charge is 2.20. The Morgan fingerprint density at radius 1 is 0.400 bits per heavy atom. The van der Waals surface area contributed by atoms with Gasteiger partial charge in [-0.2, -0.15) is 0 Å². The maximum Gasteiger partial charge on any atom is 0.305 e. The van der Waals surface area contributed by atoms with Gasteiger partial charge in [0.25, 0.3) is 0 Å². The van der Waals surface area contributed by atoms with E-state index in [1.54, 1.807) is 0 Å². The largest absolute Gasteiger partial charge is 0.466 e. The second-order valence-electron chi connectivity index (χ2n) is 21.7. The van der Waals surface area contributed by atoms with Crippen molar-refractivity contribution in [3.63, 3.8) is 0 Å². The molecule has 0 spiro atoms. The normalized spacial score (nSPS) is 12.7. The third kappa shape index (κ3) is 55.7. The third-order valence-corrected chi connectivity index (χ3v) is 14.8. The van der Waals surface area contributed by atoms with Gasteiger partial charge in [0.2, 0.25) is 5.91 Å². The number of esters is 1. The molecule has 1 amide bonds. The fraction of sp³-hybridized carbons (Fsp3) is 0.906. The minimum atomic E-state index is -0.668. The topological polar surface area (TPSA) is 95.9 Å².